The molecule has 0 aromatic heterocycles. The molecular weight excluding hydrogens is 356 g/mol. The number of aryl methyl sites for hydroxylation is 1. The molecule has 0 bridgehead atoms. The van der Waals surface area contributed by atoms with Crippen molar-refractivity contribution in [1.82, 2.24) is 0 Å². The lowest BCUT2D eigenvalue weighted by Crippen LogP contribution is -2.06. The molecule has 1 unspecified atom stereocenters. The van der Waals surface area contributed by atoms with Crippen LogP contribution in [-0.2, 0) is 6.42 Å². The molecule has 2 rings (SSSR count). The van der Waals surface area contributed by atoms with Crippen LogP contribution >= 0.6 is 0 Å². The van der Waals surface area contributed by atoms with Gasteiger partial charge >= 0.3 is 0 Å². The van der Waals surface area contributed by atoms with E-state index in [1.165, 1.54) is 11.1 Å². The summed E-state index contributed by atoms with van der Waals surface area (Å²) in [6.45, 7) is 11.8. The van der Waals surface area contributed by atoms with Gasteiger partial charge in [-0.3, -0.25) is 4.79 Å². The fraction of sp³-hybridized carbons (Fsp3) is 0.296. The minimum absolute atomic E-state index is 0.0233. The highest BCUT2D eigenvalue weighted by Gasteiger charge is 2.09. The molecule has 1 N–H and O–H groups in total. The molecule has 152 valence electrons. The van der Waals surface area contributed by atoms with Crippen molar-refractivity contribution in [3.05, 3.63) is 100 Å². The molecule has 0 radical (unpaired) electrons. The molecule has 0 saturated heterocycles. The number of carbonyl (C=O) groups is 1. The Kier molecular flexibility index (Phi) is 8.35. The molecule has 0 aliphatic rings. The van der Waals surface area contributed by atoms with E-state index in [9.17, 15) is 9.90 Å². The van der Waals surface area contributed by atoms with Gasteiger partial charge in [0.2, 0.25) is 0 Å². The van der Waals surface area contributed by atoms with E-state index in [0.29, 0.717) is 6.42 Å². The van der Waals surface area contributed by atoms with Crippen molar-refractivity contribution in [2.24, 2.45) is 0 Å². The van der Waals surface area contributed by atoms with E-state index in [-0.39, 0.29) is 5.78 Å². The molecule has 29 heavy (non-hydrogen) atoms. The summed E-state index contributed by atoms with van der Waals surface area (Å²) < 4.78 is 0. The Morgan fingerprint density at radius 2 is 1.79 bits per heavy atom. The van der Waals surface area contributed by atoms with Crippen molar-refractivity contribution in [2.45, 2.75) is 53.1 Å². The quantitative estimate of drug-likeness (QED) is 0.306. The fourth-order valence-corrected chi connectivity index (χ4v) is 3.11. The van der Waals surface area contributed by atoms with Crippen LogP contribution in [0.1, 0.15) is 59.3 Å². The summed E-state index contributed by atoms with van der Waals surface area (Å²) in [5.41, 5.74) is 7.19. The second-order valence-electron chi connectivity index (χ2n) is 7.85. The standard InChI is InChI=1S/C27H32O2/c1-19(2)26(28)17-12-21(4)11-16-24-7-6-8-25(22(24)5)27(29)18-15-23-13-9-20(3)10-14-23/h6-11,13-15,18,26,28H,1,12,16-17H2,2-5H3/b18-15+,21-11+. The van der Waals surface area contributed by atoms with Crippen LogP contribution < -0.4 is 0 Å². The van der Waals surface area contributed by atoms with E-state index < -0.39 is 6.10 Å². The lowest BCUT2D eigenvalue weighted by atomic mass is 9.95. The van der Waals surface area contributed by atoms with E-state index in [2.05, 4.69) is 25.6 Å². The largest absolute Gasteiger partial charge is 0.389 e. The van der Waals surface area contributed by atoms with Crippen molar-refractivity contribution in [3.63, 3.8) is 0 Å². The van der Waals surface area contributed by atoms with Crippen LogP contribution in [0.2, 0.25) is 0 Å². The third-order valence-electron chi connectivity index (χ3n) is 5.27. The summed E-state index contributed by atoms with van der Waals surface area (Å²) in [7, 11) is 0. The molecule has 0 spiro atoms. The molecule has 0 amide bonds. The maximum atomic E-state index is 12.7. The summed E-state index contributed by atoms with van der Waals surface area (Å²) in [6.07, 6.45) is 7.57. The van der Waals surface area contributed by atoms with E-state index in [1.807, 2.05) is 63.2 Å². The average Bonchev–Trinajstić information content (AvgIpc) is 2.70. The summed E-state index contributed by atoms with van der Waals surface area (Å²) in [4.78, 5) is 12.7. The molecule has 2 heteroatoms. The van der Waals surface area contributed by atoms with Gasteiger partial charge in [0.15, 0.2) is 5.78 Å². The Morgan fingerprint density at radius 3 is 2.45 bits per heavy atom. The Morgan fingerprint density at radius 1 is 1.10 bits per heavy atom. The van der Waals surface area contributed by atoms with E-state index in [1.54, 1.807) is 6.08 Å². The number of allylic oxidation sites excluding steroid dienone is 3. The highest BCUT2D eigenvalue weighted by atomic mass is 16.3. The van der Waals surface area contributed by atoms with Crippen molar-refractivity contribution in [2.75, 3.05) is 0 Å². The number of benzene rings is 2. The van der Waals surface area contributed by atoms with Gasteiger partial charge in [0.05, 0.1) is 6.10 Å². The fourth-order valence-electron chi connectivity index (χ4n) is 3.11. The zero-order valence-electron chi connectivity index (χ0n) is 18.0. The van der Waals surface area contributed by atoms with Gasteiger partial charge in [-0.15, -0.1) is 0 Å². The number of hydrogen-bond acceptors (Lipinski definition) is 2. The Hall–Kier alpha value is -2.71. The average molecular weight is 389 g/mol. The molecule has 0 saturated carbocycles. The van der Waals surface area contributed by atoms with Gasteiger partial charge in [0.25, 0.3) is 0 Å². The minimum Gasteiger partial charge on any atom is -0.389 e. The third-order valence-corrected chi connectivity index (χ3v) is 5.27. The first-order valence-corrected chi connectivity index (χ1v) is 10.1. The number of hydrogen-bond donors (Lipinski definition) is 1. The molecule has 0 aliphatic heterocycles. The summed E-state index contributed by atoms with van der Waals surface area (Å²) >= 11 is 0. The topological polar surface area (TPSA) is 37.3 Å². The molecule has 1 atom stereocenters. The number of aliphatic hydroxyl groups is 1. The summed E-state index contributed by atoms with van der Waals surface area (Å²) in [5.74, 6) is 0.0233. The molecule has 0 heterocycles. The van der Waals surface area contributed by atoms with E-state index in [0.717, 1.165) is 40.7 Å². The van der Waals surface area contributed by atoms with Gasteiger partial charge in [-0.2, -0.15) is 0 Å². The van der Waals surface area contributed by atoms with Crippen LogP contribution in [0.3, 0.4) is 0 Å². The summed E-state index contributed by atoms with van der Waals surface area (Å²) in [5, 5.41) is 9.88. The number of aliphatic hydroxyl groups excluding tert-OH is 1. The SMILES string of the molecule is C=C(C)C(O)CC/C(C)=C/Cc1cccc(C(=O)/C=C/c2ccc(C)cc2)c1C. The Bertz CT molecular complexity index is 914. The lowest BCUT2D eigenvalue weighted by molar-refractivity contribution is 0.104. The summed E-state index contributed by atoms with van der Waals surface area (Å²) in [6, 6.07) is 14.0. The molecule has 0 fully saturated rings. The van der Waals surface area contributed by atoms with Crippen LogP contribution in [-0.4, -0.2) is 17.0 Å². The van der Waals surface area contributed by atoms with Gasteiger partial charge in [0.1, 0.15) is 0 Å². The minimum atomic E-state index is -0.443. The zero-order valence-corrected chi connectivity index (χ0v) is 18.0. The highest BCUT2D eigenvalue weighted by molar-refractivity contribution is 6.07. The maximum absolute atomic E-state index is 12.7. The van der Waals surface area contributed by atoms with Gasteiger partial charge < -0.3 is 5.11 Å². The van der Waals surface area contributed by atoms with Crippen LogP contribution in [0.15, 0.2) is 72.3 Å². The first-order chi connectivity index (χ1) is 13.8. The van der Waals surface area contributed by atoms with Gasteiger partial charge in [-0.25, -0.2) is 0 Å². The van der Waals surface area contributed by atoms with Gasteiger partial charge in [0, 0.05) is 5.56 Å². The number of carbonyl (C=O) groups excluding carboxylic acids is 1. The second kappa shape index (κ2) is 10.7. The van der Waals surface area contributed by atoms with Crippen molar-refractivity contribution >= 4 is 11.9 Å². The predicted molar refractivity (Wildman–Crippen MR) is 123 cm³/mol. The predicted octanol–water partition coefficient (Wildman–Crippen LogP) is 6.41. The van der Waals surface area contributed by atoms with Crippen LogP contribution in [0.25, 0.3) is 6.08 Å². The lowest BCUT2D eigenvalue weighted by Gasteiger charge is -2.11. The van der Waals surface area contributed by atoms with Crippen molar-refractivity contribution < 1.29 is 9.90 Å². The maximum Gasteiger partial charge on any atom is 0.186 e. The highest BCUT2D eigenvalue weighted by Crippen LogP contribution is 2.18. The first-order valence-electron chi connectivity index (χ1n) is 10.1. The van der Waals surface area contributed by atoms with Gasteiger partial charge in [-0.05, 0) is 69.7 Å². The molecule has 0 aliphatic carbocycles. The van der Waals surface area contributed by atoms with Crippen LogP contribution in [0, 0.1) is 13.8 Å². The van der Waals surface area contributed by atoms with Gasteiger partial charge in [-0.1, -0.05) is 77.9 Å². The van der Waals surface area contributed by atoms with E-state index in [4.69, 9.17) is 0 Å². The normalized spacial score (nSPS) is 12.9. The third kappa shape index (κ3) is 6.99. The number of rotatable bonds is 9. The molecule has 2 nitrogen and oxygen atoms in total. The monoisotopic (exact) mass is 388 g/mol. The molecule has 2 aromatic carbocycles. The van der Waals surface area contributed by atoms with Crippen LogP contribution in [0.5, 0.6) is 0 Å². The number of ketones is 1. The Balaban J connectivity index is 2.06. The Labute approximate surface area is 175 Å². The smallest absolute Gasteiger partial charge is 0.186 e. The molecular formula is C27H32O2. The van der Waals surface area contributed by atoms with Crippen LogP contribution in [0.4, 0.5) is 0 Å². The van der Waals surface area contributed by atoms with Crippen molar-refractivity contribution in [1.29, 1.82) is 0 Å². The second-order valence-corrected chi connectivity index (χ2v) is 7.85. The first kappa shape index (κ1) is 22.6. The van der Waals surface area contributed by atoms with E-state index >= 15 is 0 Å². The molecule has 2 aromatic rings. The van der Waals surface area contributed by atoms with Crippen molar-refractivity contribution in [3.8, 4) is 0 Å². The zero-order chi connectivity index (χ0) is 21.4.